The number of carboxylic acid groups (broad SMARTS) is 1. The van der Waals surface area contributed by atoms with Crippen molar-refractivity contribution >= 4 is 58.7 Å². The predicted molar refractivity (Wildman–Crippen MR) is 129 cm³/mol. The molecule has 0 bridgehead atoms. The highest BCUT2D eigenvalue weighted by Crippen LogP contribution is 2.40. The summed E-state index contributed by atoms with van der Waals surface area (Å²) in [6.45, 7) is -1.09. The van der Waals surface area contributed by atoms with Crippen LogP contribution in [0.2, 0.25) is 0 Å². The van der Waals surface area contributed by atoms with E-state index in [0.717, 1.165) is 21.4 Å². The molecule has 2 aromatic heterocycles. The summed E-state index contributed by atoms with van der Waals surface area (Å²) < 4.78 is 16.9. The summed E-state index contributed by atoms with van der Waals surface area (Å²) >= 11 is 2.31. The number of nitrogens with one attached hydrogen (secondary N) is 2. The minimum Gasteiger partial charge on any atom is -0.477 e. The van der Waals surface area contributed by atoms with Crippen LogP contribution in [0.3, 0.4) is 0 Å². The molecule has 37 heavy (non-hydrogen) atoms. The number of carboxylic acids is 1. The van der Waals surface area contributed by atoms with Crippen LogP contribution in [0.15, 0.2) is 52.1 Å². The number of oxime groups is 1. The molecule has 18 heteroatoms. The van der Waals surface area contributed by atoms with Crippen molar-refractivity contribution in [1.82, 2.24) is 29.8 Å². The molecule has 0 spiro atoms. The van der Waals surface area contributed by atoms with Crippen LogP contribution in [0.4, 0.5) is 10.2 Å². The standard InChI is InChI=1S/C19H19FN10O5S2/c20-8-35-26-13(10-7-37-30(22)25-10)16(31)24-14-17(32)28-15(19(33)34)9(6-36-18(14)28)5-27-4-2-11(21)29-12(27)1-3-23-29/h1-4,7,14,18,21,25H,5-6,8,22H2,(H2,24,31,33,34)/p+1/b26-13+/t14-,18-/m1/s1. The van der Waals surface area contributed by atoms with Gasteiger partial charge in [0, 0.05) is 22.8 Å². The van der Waals surface area contributed by atoms with Crippen LogP contribution in [0.5, 0.6) is 0 Å². The van der Waals surface area contributed by atoms with E-state index in [9.17, 15) is 23.9 Å². The first kappa shape index (κ1) is 24.8. The molecule has 0 unspecified atom stereocenters. The molecule has 1 fully saturated rings. The van der Waals surface area contributed by atoms with Gasteiger partial charge in [-0.1, -0.05) is 19.3 Å². The lowest BCUT2D eigenvalue weighted by molar-refractivity contribution is -0.666. The molecule has 0 aliphatic carbocycles. The minimum absolute atomic E-state index is 0.137. The van der Waals surface area contributed by atoms with E-state index in [0.29, 0.717) is 17.0 Å². The highest BCUT2D eigenvalue weighted by molar-refractivity contribution is 8.00. The summed E-state index contributed by atoms with van der Waals surface area (Å²) in [6, 6.07) is 2.35. The van der Waals surface area contributed by atoms with E-state index in [2.05, 4.69) is 25.8 Å². The first-order valence-corrected chi connectivity index (χ1v) is 12.5. The zero-order valence-electron chi connectivity index (χ0n) is 18.8. The van der Waals surface area contributed by atoms with Crippen LogP contribution in [0.25, 0.3) is 5.65 Å². The summed E-state index contributed by atoms with van der Waals surface area (Å²) in [4.78, 5) is 43.7. The summed E-state index contributed by atoms with van der Waals surface area (Å²) in [5, 5.41) is 20.9. The van der Waals surface area contributed by atoms with Crippen molar-refractivity contribution < 1.29 is 33.3 Å². The molecule has 0 saturated carbocycles. The fourth-order valence-corrected chi connectivity index (χ4v) is 5.94. The fraction of sp³-hybridized carbons (Fsp3) is 0.263. The maximum atomic E-state index is 13.0. The van der Waals surface area contributed by atoms with E-state index in [1.807, 2.05) is 0 Å². The van der Waals surface area contributed by atoms with Crippen molar-refractivity contribution in [1.29, 1.82) is 0 Å². The molecule has 3 aliphatic rings. The molecule has 0 radical (unpaired) electrons. The van der Waals surface area contributed by atoms with Crippen molar-refractivity contribution in [2.24, 2.45) is 11.0 Å². The second-order valence-electron chi connectivity index (χ2n) is 7.84. The van der Waals surface area contributed by atoms with Gasteiger partial charge >= 0.3 is 11.6 Å². The number of alkyl halides is 1. The van der Waals surface area contributed by atoms with Gasteiger partial charge in [0.1, 0.15) is 23.7 Å². The van der Waals surface area contributed by atoms with Crippen LogP contribution < -0.4 is 26.9 Å². The number of β-lactam (4-membered cyclic amide) rings is 1. The van der Waals surface area contributed by atoms with Gasteiger partial charge < -0.3 is 21.0 Å². The molecule has 2 atom stereocenters. The van der Waals surface area contributed by atoms with E-state index in [4.69, 9.17) is 11.6 Å². The number of thioether (sulfide) groups is 1. The molecule has 15 nitrogen and oxygen atoms in total. The van der Waals surface area contributed by atoms with Gasteiger partial charge in [0.15, 0.2) is 5.71 Å². The average Bonchev–Trinajstić information content (AvgIpc) is 3.54. The second kappa shape index (κ2) is 9.88. The van der Waals surface area contributed by atoms with Gasteiger partial charge in [0.05, 0.1) is 24.2 Å². The van der Waals surface area contributed by atoms with E-state index in [-0.39, 0.29) is 29.4 Å². The van der Waals surface area contributed by atoms with Crippen molar-refractivity contribution in [3.05, 3.63) is 46.9 Å². The van der Waals surface area contributed by atoms with Crippen LogP contribution in [0, 0.1) is 0 Å². The topological polar surface area (TPSA) is 197 Å². The van der Waals surface area contributed by atoms with Gasteiger partial charge in [-0.05, 0) is 11.9 Å². The number of nitrogens with two attached hydrogens (primary N) is 2. The molecule has 0 aromatic carbocycles. The quantitative estimate of drug-likeness (QED) is 0.0632. The number of nitrogens with zero attached hydrogens (tertiary/aromatic N) is 6. The maximum absolute atomic E-state index is 13.0. The van der Waals surface area contributed by atoms with Crippen molar-refractivity contribution in [3.8, 4) is 0 Å². The van der Waals surface area contributed by atoms with Crippen LogP contribution in [0.1, 0.15) is 0 Å². The van der Waals surface area contributed by atoms with Gasteiger partial charge in [0.2, 0.25) is 5.82 Å². The average molecular weight is 552 g/mol. The van der Waals surface area contributed by atoms with Gasteiger partial charge in [-0.15, -0.1) is 11.8 Å². The third kappa shape index (κ3) is 4.43. The normalized spacial score (nSPS) is 21.9. The summed E-state index contributed by atoms with van der Waals surface area (Å²) in [5.41, 5.74) is 9.37. The van der Waals surface area contributed by atoms with E-state index in [1.165, 1.54) is 21.7 Å². The molecule has 1 saturated heterocycles. The van der Waals surface area contributed by atoms with Crippen molar-refractivity contribution in [2.45, 2.75) is 18.0 Å². The Hall–Kier alpha value is -3.87. The number of hydrogen-bond acceptors (Lipinski definition) is 12. The van der Waals surface area contributed by atoms with Gasteiger partial charge in [0.25, 0.3) is 18.7 Å². The Morgan fingerprint density at radius 2 is 2.24 bits per heavy atom. The number of halogens is 1. The largest absolute Gasteiger partial charge is 0.477 e. The molecule has 2 aromatic rings. The van der Waals surface area contributed by atoms with Crippen LogP contribution >= 0.6 is 23.7 Å². The smallest absolute Gasteiger partial charge is 0.352 e. The SMILES string of the molecule is Nc1cc[n+](CC2=C(C(=O)O)N3C(=O)[C@@H](NC(=O)/C(=N/OCF)C4=CSN(N)N4)[C@H]3SC2)c2ccnn12. The van der Waals surface area contributed by atoms with E-state index >= 15 is 0 Å². The van der Waals surface area contributed by atoms with E-state index in [1.54, 1.807) is 29.1 Å². The van der Waals surface area contributed by atoms with Gasteiger partial charge in [-0.3, -0.25) is 19.9 Å². The molecule has 2 amide bonds. The number of hydrazine groups is 2. The third-order valence-electron chi connectivity index (χ3n) is 5.67. The first-order chi connectivity index (χ1) is 17.8. The Morgan fingerprint density at radius 3 is 2.95 bits per heavy atom. The van der Waals surface area contributed by atoms with Crippen molar-refractivity contribution in [2.75, 3.05) is 18.3 Å². The predicted octanol–water partition coefficient (Wildman–Crippen LogP) is -1.57. The third-order valence-corrected chi connectivity index (χ3v) is 7.67. The number of anilines is 1. The highest BCUT2D eigenvalue weighted by Gasteiger charge is 2.54. The number of carbonyl (C=O) groups is 3. The van der Waals surface area contributed by atoms with Gasteiger partial charge in [-0.2, -0.15) is 0 Å². The zero-order chi connectivity index (χ0) is 26.3. The van der Waals surface area contributed by atoms with Crippen LogP contribution in [-0.4, -0.2) is 71.7 Å². The lowest BCUT2D eigenvalue weighted by Crippen LogP contribution is -2.71. The summed E-state index contributed by atoms with van der Waals surface area (Å²) in [6.07, 6.45) is 3.28. The molecule has 3 aliphatic heterocycles. The van der Waals surface area contributed by atoms with Gasteiger partial charge in [-0.25, -0.2) is 19.6 Å². The monoisotopic (exact) mass is 551 g/mol. The molecule has 5 rings (SSSR count). The molecular formula is C19H20FN10O5S2+. The fourth-order valence-electron chi connectivity index (χ4n) is 4.07. The lowest BCUT2D eigenvalue weighted by atomic mass is 10.0. The highest BCUT2D eigenvalue weighted by atomic mass is 32.2. The Bertz CT molecular complexity index is 1390. The summed E-state index contributed by atoms with van der Waals surface area (Å²) in [7, 11) is 0. The number of aliphatic carboxylic acids is 1. The number of nitrogen functional groups attached to an aromatic ring is 1. The van der Waals surface area contributed by atoms with Crippen molar-refractivity contribution in [3.63, 3.8) is 0 Å². The molecule has 5 heterocycles. The molecular weight excluding hydrogens is 531 g/mol. The lowest BCUT2D eigenvalue weighted by Gasteiger charge is -2.49. The zero-order valence-corrected chi connectivity index (χ0v) is 20.4. The second-order valence-corrected chi connectivity index (χ2v) is 9.79. The number of hydrogen-bond donors (Lipinski definition) is 5. The number of carbonyl (C=O) groups excluding carboxylic acids is 2. The Morgan fingerprint density at radius 1 is 1.43 bits per heavy atom. The van der Waals surface area contributed by atoms with E-state index < -0.39 is 36.1 Å². The molecule has 194 valence electrons. The summed E-state index contributed by atoms with van der Waals surface area (Å²) in [5.74, 6) is 3.59. The van der Waals surface area contributed by atoms with Crippen LogP contribution in [-0.2, 0) is 25.8 Å². The first-order valence-electron chi connectivity index (χ1n) is 10.6. The number of aromatic nitrogens is 3. The number of fused-ring (bicyclic) bond motifs is 2. The Labute approximate surface area is 216 Å². The minimum atomic E-state index is -1.27. The Kier molecular flexibility index (Phi) is 6.63. The number of rotatable bonds is 8. The maximum Gasteiger partial charge on any atom is 0.352 e. The number of amides is 2. The Balaban J connectivity index is 1.36. The molecule has 7 N–H and O–H groups in total.